The summed E-state index contributed by atoms with van der Waals surface area (Å²) in [6.45, 7) is 4.03. The molecule has 1 aliphatic rings. The van der Waals surface area contributed by atoms with E-state index in [9.17, 15) is 9.59 Å². The maximum absolute atomic E-state index is 13.1. The predicted octanol–water partition coefficient (Wildman–Crippen LogP) is 4.07. The van der Waals surface area contributed by atoms with Crippen molar-refractivity contribution in [3.05, 3.63) is 58.5 Å². The first kappa shape index (κ1) is 15.5. The van der Waals surface area contributed by atoms with Crippen LogP contribution >= 0.6 is 0 Å². The zero-order valence-corrected chi connectivity index (χ0v) is 13.4. The van der Waals surface area contributed by atoms with Crippen LogP contribution in [0.1, 0.15) is 63.3 Å². The molecule has 0 N–H and O–H groups in total. The highest BCUT2D eigenvalue weighted by Gasteiger charge is 2.34. The molecular weight excluding hydrogens is 292 g/mol. The van der Waals surface area contributed by atoms with Gasteiger partial charge in [0, 0.05) is 12.3 Å². The van der Waals surface area contributed by atoms with Crippen molar-refractivity contribution in [2.24, 2.45) is 0 Å². The van der Waals surface area contributed by atoms with Gasteiger partial charge in [0.1, 0.15) is 17.6 Å². The molecular formula is C19H20O4. The van der Waals surface area contributed by atoms with Crippen LogP contribution in [-0.2, 0) is 11.2 Å². The number of carbonyl (C=O) groups is 2. The monoisotopic (exact) mass is 312 g/mol. The van der Waals surface area contributed by atoms with Gasteiger partial charge in [-0.05, 0) is 37.8 Å². The van der Waals surface area contributed by atoms with E-state index in [1.807, 2.05) is 31.2 Å². The van der Waals surface area contributed by atoms with E-state index in [0.29, 0.717) is 17.7 Å². The van der Waals surface area contributed by atoms with Gasteiger partial charge in [-0.1, -0.05) is 24.3 Å². The Kier molecular flexibility index (Phi) is 4.33. The number of aryl methyl sites for hydroxylation is 2. The minimum Gasteiger partial charge on any atom is -0.468 e. The number of hydrogen-bond acceptors (Lipinski definition) is 4. The van der Waals surface area contributed by atoms with E-state index in [-0.39, 0.29) is 23.9 Å². The highest BCUT2D eigenvalue weighted by Crippen LogP contribution is 2.35. The van der Waals surface area contributed by atoms with Gasteiger partial charge in [0.2, 0.25) is 0 Å². The van der Waals surface area contributed by atoms with Crippen LogP contribution in [0.4, 0.5) is 0 Å². The quantitative estimate of drug-likeness (QED) is 0.633. The maximum atomic E-state index is 13.1. The molecule has 1 heterocycles. The summed E-state index contributed by atoms with van der Waals surface area (Å²) in [6.07, 6.45) is 3.65. The third kappa shape index (κ3) is 2.81. The number of benzene rings is 1. The number of esters is 1. The molecule has 0 bridgehead atoms. The fourth-order valence-corrected chi connectivity index (χ4v) is 3.26. The van der Waals surface area contributed by atoms with Crippen molar-refractivity contribution in [2.45, 2.75) is 39.0 Å². The standard InChI is InChI=1S/C19H20O4/c1-3-22-19(21)15-11-23-16-10-6-9-14(18(20)17(15)16)13-8-5-4-7-12(13)2/h4-5,7-8,11,14H,3,6,9-10H2,1-2H3. The lowest BCUT2D eigenvalue weighted by atomic mass is 9.86. The Morgan fingerprint density at radius 1 is 1.35 bits per heavy atom. The molecule has 0 fully saturated rings. The molecule has 1 atom stereocenters. The largest absolute Gasteiger partial charge is 0.468 e. The summed E-state index contributed by atoms with van der Waals surface area (Å²) < 4.78 is 10.6. The van der Waals surface area contributed by atoms with Crippen LogP contribution in [0, 0.1) is 6.92 Å². The van der Waals surface area contributed by atoms with Crippen molar-refractivity contribution in [3.63, 3.8) is 0 Å². The normalized spacial score (nSPS) is 17.5. The van der Waals surface area contributed by atoms with Gasteiger partial charge in [-0.3, -0.25) is 4.79 Å². The molecule has 0 spiro atoms. The molecule has 0 radical (unpaired) electrons. The summed E-state index contributed by atoms with van der Waals surface area (Å²) in [5, 5.41) is 0. The van der Waals surface area contributed by atoms with Crippen molar-refractivity contribution in [2.75, 3.05) is 6.61 Å². The first-order valence-electron chi connectivity index (χ1n) is 8.00. The molecule has 3 rings (SSSR count). The summed E-state index contributed by atoms with van der Waals surface area (Å²) in [6, 6.07) is 7.92. The molecule has 2 aromatic rings. The van der Waals surface area contributed by atoms with Gasteiger partial charge in [-0.25, -0.2) is 4.79 Å². The van der Waals surface area contributed by atoms with Crippen LogP contribution < -0.4 is 0 Å². The SMILES string of the molecule is CCOC(=O)c1coc2c1C(=O)C(c1ccccc1C)CCC2. The molecule has 0 saturated heterocycles. The number of carbonyl (C=O) groups excluding carboxylic acids is 2. The van der Waals surface area contributed by atoms with E-state index in [1.54, 1.807) is 6.92 Å². The molecule has 1 aliphatic carbocycles. The first-order chi connectivity index (χ1) is 11.1. The number of fused-ring (bicyclic) bond motifs is 1. The Morgan fingerprint density at radius 2 is 2.13 bits per heavy atom. The van der Waals surface area contributed by atoms with Gasteiger partial charge < -0.3 is 9.15 Å². The number of hydrogen-bond donors (Lipinski definition) is 0. The predicted molar refractivity (Wildman–Crippen MR) is 85.9 cm³/mol. The van der Waals surface area contributed by atoms with Crippen LogP contribution in [0.3, 0.4) is 0 Å². The summed E-state index contributed by atoms with van der Waals surface area (Å²) in [5.74, 6) is -0.155. The minimum atomic E-state index is -0.490. The molecule has 0 amide bonds. The van der Waals surface area contributed by atoms with Crippen LogP contribution in [0.15, 0.2) is 34.9 Å². The van der Waals surface area contributed by atoms with Gasteiger partial charge in [0.15, 0.2) is 5.78 Å². The van der Waals surface area contributed by atoms with Gasteiger partial charge in [0.25, 0.3) is 0 Å². The molecule has 4 heteroatoms. The molecule has 120 valence electrons. The lowest BCUT2D eigenvalue weighted by Gasteiger charge is -2.16. The topological polar surface area (TPSA) is 56.5 Å². The Labute approximate surface area is 135 Å². The van der Waals surface area contributed by atoms with Crippen LogP contribution in [0.2, 0.25) is 0 Å². The van der Waals surface area contributed by atoms with E-state index < -0.39 is 5.97 Å². The summed E-state index contributed by atoms with van der Waals surface area (Å²) in [7, 11) is 0. The molecule has 1 aromatic heterocycles. The van der Waals surface area contributed by atoms with Gasteiger partial charge in [-0.2, -0.15) is 0 Å². The van der Waals surface area contributed by atoms with Crippen molar-refractivity contribution in [3.8, 4) is 0 Å². The third-order valence-corrected chi connectivity index (χ3v) is 4.39. The zero-order chi connectivity index (χ0) is 16.4. The minimum absolute atomic E-state index is 0.0383. The Balaban J connectivity index is 2.04. The average molecular weight is 312 g/mol. The Bertz CT molecular complexity index is 742. The third-order valence-electron chi connectivity index (χ3n) is 4.39. The average Bonchev–Trinajstić information content (AvgIpc) is 2.89. The van der Waals surface area contributed by atoms with Crippen molar-refractivity contribution in [1.29, 1.82) is 0 Å². The number of ether oxygens (including phenoxy) is 1. The fraction of sp³-hybridized carbons (Fsp3) is 0.368. The lowest BCUT2D eigenvalue weighted by Crippen LogP contribution is -2.16. The number of Topliss-reactive ketones (excluding diaryl/α,β-unsaturated/α-hetero) is 1. The highest BCUT2D eigenvalue weighted by molar-refractivity contribution is 6.10. The van der Waals surface area contributed by atoms with Crippen molar-refractivity contribution in [1.82, 2.24) is 0 Å². The molecule has 0 saturated carbocycles. The smallest absolute Gasteiger partial charge is 0.342 e. The van der Waals surface area contributed by atoms with Crippen molar-refractivity contribution >= 4 is 11.8 Å². The molecule has 1 aromatic carbocycles. The maximum Gasteiger partial charge on any atom is 0.342 e. The molecule has 23 heavy (non-hydrogen) atoms. The molecule has 4 nitrogen and oxygen atoms in total. The second-order valence-corrected chi connectivity index (χ2v) is 5.83. The van der Waals surface area contributed by atoms with Crippen LogP contribution in [0.5, 0.6) is 0 Å². The summed E-state index contributed by atoms with van der Waals surface area (Å²) in [5.41, 5.74) is 2.79. The van der Waals surface area contributed by atoms with Crippen LogP contribution in [-0.4, -0.2) is 18.4 Å². The lowest BCUT2D eigenvalue weighted by molar-refractivity contribution is 0.0522. The fourth-order valence-electron chi connectivity index (χ4n) is 3.26. The second-order valence-electron chi connectivity index (χ2n) is 5.83. The van der Waals surface area contributed by atoms with Crippen LogP contribution in [0.25, 0.3) is 0 Å². The van der Waals surface area contributed by atoms with E-state index >= 15 is 0 Å². The molecule has 1 unspecified atom stereocenters. The Morgan fingerprint density at radius 3 is 2.87 bits per heavy atom. The molecule has 0 aliphatic heterocycles. The van der Waals surface area contributed by atoms with Crippen molar-refractivity contribution < 1.29 is 18.7 Å². The summed E-state index contributed by atoms with van der Waals surface area (Å²) >= 11 is 0. The zero-order valence-electron chi connectivity index (χ0n) is 13.4. The van der Waals surface area contributed by atoms with E-state index in [0.717, 1.165) is 24.0 Å². The van der Waals surface area contributed by atoms with E-state index in [1.165, 1.54) is 6.26 Å². The number of furan rings is 1. The van der Waals surface area contributed by atoms with Gasteiger partial charge >= 0.3 is 5.97 Å². The van der Waals surface area contributed by atoms with E-state index in [4.69, 9.17) is 9.15 Å². The number of ketones is 1. The van der Waals surface area contributed by atoms with Gasteiger partial charge in [-0.15, -0.1) is 0 Å². The summed E-state index contributed by atoms with van der Waals surface area (Å²) in [4.78, 5) is 25.2. The van der Waals surface area contributed by atoms with E-state index in [2.05, 4.69) is 0 Å². The first-order valence-corrected chi connectivity index (χ1v) is 8.00. The second kappa shape index (κ2) is 6.41. The highest BCUT2D eigenvalue weighted by atomic mass is 16.5. The Hall–Kier alpha value is -2.36. The number of rotatable bonds is 3. The van der Waals surface area contributed by atoms with Gasteiger partial charge in [0.05, 0.1) is 12.2 Å².